The van der Waals surface area contributed by atoms with Crippen molar-refractivity contribution in [3.8, 4) is 0 Å². The maximum absolute atomic E-state index is 13.7. The smallest absolute Gasteiger partial charge is 0.191 e. The molecule has 0 amide bonds. The van der Waals surface area contributed by atoms with Crippen molar-refractivity contribution in [2.75, 3.05) is 0 Å². The van der Waals surface area contributed by atoms with E-state index in [4.69, 9.17) is 0 Å². The van der Waals surface area contributed by atoms with E-state index in [-0.39, 0.29) is 0 Å². The number of hydrogen-bond acceptors (Lipinski definition) is 2. The first-order valence-corrected chi connectivity index (χ1v) is 8.79. The molecule has 0 heterocycles. The number of hydrogen-bond donors (Lipinski definition) is 0. The Hall–Kier alpha value is -3.80. The first-order chi connectivity index (χ1) is 14.4. The molecule has 3 aromatic carbocycles. The van der Waals surface area contributed by atoms with Crippen molar-refractivity contribution < 1.29 is 27.2 Å². The van der Waals surface area contributed by atoms with Crippen LogP contribution in [0.4, 0.5) is 17.6 Å². The summed E-state index contributed by atoms with van der Waals surface area (Å²) in [5.41, 5.74) is -0.261. The summed E-state index contributed by atoms with van der Waals surface area (Å²) in [5, 5.41) is 0. The highest BCUT2D eigenvalue weighted by molar-refractivity contribution is 6.08. The van der Waals surface area contributed by atoms with Crippen LogP contribution in [0.15, 0.2) is 72.8 Å². The molecule has 30 heavy (non-hydrogen) atoms. The predicted molar refractivity (Wildman–Crippen MR) is 106 cm³/mol. The van der Waals surface area contributed by atoms with Crippen LogP contribution in [0.25, 0.3) is 12.2 Å². The van der Waals surface area contributed by atoms with Crippen molar-refractivity contribution in [1.29, 1.82) is 0 Å². The molecule has 0 unspecified atom stereocenters. The molecule has 3 aromatic rings. The van der Waals surface area contributed by atoms with Crippen LogP contribution in [0.1, 0.15) is 31.8 Å². The Balaban J connectivity index is 1.78. The van der Waals surface area contributed by atoms with Crippen LogP contribution in [-0.2, 0) is 0 Å². The van der Waals surface area contributed by atoms with Gasteiger partial charge in [0.2, 0.25) is 0 Å². The first-order valence-electron chi connectivity index (χ1n) is 8.79. The van der Waals surface area contributed by atoms with E-state index in [2.05, 4.69) is 0 Å². The highest BCUT2D eigenvalue weighted by Gasteiger charge is 2.15. The quantitative estimate of drug-likeness (QED) is 0.282. The topological polar surface area (TPSA) is 34.1 Å². The van der Waals surface area contributed by atoms with E-state index >= 15 is 0 Å². The molecule has 2 nitrogen and oxygen atoms in total. The van der Waals surface area contributed by atoms with E-state index in [1.54, 1.807) is 24.3 Å². The zero-order valence-corrected chi connectivity index (χ0v) is 15.4. The second-order valence-electron chi connectivity index (χ2n) is 6.26. The maximum Gasteiger partial charge on any atom is 0.191 e. The van der Waals surface area contributed by atoms with Crippen LogP contribution in [0, 0.1) is 23.3 Å². The molecular weight excluding hydrogens is 396 g/mol. The van der Waals surface area contributed by atoms with Gasteiger partial charge in [-0.05, 0) is 53.6 Å². The molecule has 0 aliphatic rings. The number of carbonyl (C=O) groups excluding carboxylic acids is 2. The Morgan fingerprint density at radius 1 is 0.567 bits per heavy atom. The van der Waals surface area contributed by atoms with Crippen LogP contribution in [0.5, 0.6) is 0 Å². The molecule has 0 aliphatic heterocycles. The minimum atomic E-state index is -0.958. The normalized spacial score (nSPS) is 11.3. The van der Waals surface area contributed by atoms with Gasteiger partial charge in [-0.2, -0.15) is 0 Å². The molecule has 0 N–H and O–H groups in total. The molecule has 0 radical (unpaired) electrons. The summed E-state index contributed by atoms with van der Waals surface area (Å²) in [6, 6.07) is 12.8. The lowest BCUT2D eigenvalue weighted by Crippen LogP contribution is -2.02. The van der Waals surface area contributed by atoms with Gasteiger partial charge in [-0.15, -0.1) is 0 Å². The van der Waals surface area contributed by atoms with Gasteiger partial charge in [0.05, 0.1) is 11.1 Å². The van der Waals surface area contributed by atoms with E-state index in [0.717, 1.165) is 48.6 Å². The third kappa shape index (κ3) is 4.78. The Kier molecular flexibility index (Phi) is 6.37. The van der Waals surface area contributed by atoms with E-state index in [9.17, 15) is 27.2 Å². The number of ketones is 2. The van der Waals surface area contributed by atoms with Gasteiger partial charge in [0, 0.05) is 0 Å². The summed E-state index contributed by atoms with van der Waals surface area (Å²) >= 11 is 0. The standard InChI is InChI=1S/C24H14F4O2/c25-17-6-2-7-18(26)23(17)21(29)12-10-15-4-1-5-16(14-15)11-13-22(30)24-19(27)8-3-9-20(24)28/h1-14H/b12-10+,13-11+. The Morgan fingerprint density at radius 2 is 0.900 bits per heavy atom. The molecule has 0 aromatic heterocycles. The van der Waals surface area contributed by atoms with E-state index in [1.807, 2.05) is 0 Å². The second-order valence-corrected chi connectivity index (χ2v) is 6.26. The van der Waals surface area contributed by atoms with Crippen molar-refractivity contribution >= 4 is 23.7 Å². The molecule has 150 valence electrons. The summed E-state index contributed by atoms with van der Waals surface area (Å²) < 4.78 is 54.7. The predicted octanol–water partition coefficient (Wildman–Crippen LogP) is 6.04. The average Bonchev–Trinajstić information content (AvgIpc) is 2.71. The monoisotopic (exact) mass is 410 g/mol. The lowest BCUT2D eigenvalue weighted by molar-refractivity contribution is 0.103. The van der Waals surface area contributed by atoms with Crippen molar-refractivity contribution in [2.45, 2.75) is 0 Å². The number of allylic oxidation sites excluding steroid dienone is 2. The number of halogens is 4. The highest BCUT2D eigenvalue weighted by atomic mass is 19.1. The Labute approximate surface area is 169 Å². The first kappa shape index (κ1) is 20.9. The molecule has 0 aliphatic carbocycles. The Morgan fingerprint density at radius 3 is 1.27 bits per heavy atom. The third-order valence-electron chi connectivity index (χ3n) is 4.18. The molecule has 3 rings (SSSR count). The summed E-state index contributed by atoms with van der Waals surface area (Å²) in [6.07, 6.45) is 4.79. The summed E-state index contributed by atoms with van der Waals surface area (Å²) in [5.74, 6) is -5.51. The fourth-order valence-corrected chi connectivity index (χ4v) is 2.74. The van der Waals surface area contributed by atoms with Gasteiger partial charge >= 0.3 is 0 Å². The number of benzene rings is 3. The summed E-state index contributed by atoms with van der Waals surface area (Å²) in [4.78, 5) is 24.2. The molecule has 0 atom stereocenters. The fraction of sp³-hybridized carbons (Fsp3) is 0. The van der Waals surface area contributed by atoms with Crippen molar-refractivity contribution in [3.05, 3.63) is 118 Å². The molecule has 0 spiro atoms. The van der Waals surface area contributed by atoms with E-state index in [1.165, 1.54) is 12.2 Å². The van der Waals surface area contributed by atoms with E-state index in [0.29, 0.717) is 11.1 Å². The molecule has 6 heteroatoms. The summed E-state index contributed by atoms with van der Waals surface area (Å²) in [6.45, 7) is 0. The van der Waals surface area contributed by atoms with Crippen LogP contribution in [0.2, 0.25) is 0 Å². The number of carbonyl (C=O) groups is 2. The molecular formula is C24H14F4O2. The lowest BCUT2D eigenvalue weighted by atomic mass is 10.1. The van der Waals surface area contributed by atoms with Gasteiger partial charge < -0.3 is 0 Å². The SMILES string of the molecule is O=C(/C=C/c1cccc(/C=C/C(=O)c2c(F)cccc2F)c1)c1c(F)cccc1F. The van der Waals surface area contributed by atoms with Crippen molar-refractivity contribution in [3.63, 3.8) is 0 Å². The Bertz CT molecular complexity index is 1050. The number of rotatable bonds is 6. The van der Waals surface area contributed by atoms with Crippen molar-refractivity contribution in [1.82, 2.24) is 0 Å². The third-order valence-corrected chi connectivity index (χ3v) is 4.18. The second kappa shape index (κ2) is 9.13. The van der Waals surface area contributed by atoms with Gasteiger partial charge in [0.25, 0.3) is 0 Å². The lowest BCUT2D eigenvalue weighted by Gasteiger charge is -2.01. The molecule has 0 saturated heterocycles. The average molecular weight is 410 g/mol. The van der Waals surface area contributed by atoms with Gasteiger partial charge in [-0.1, -0.05) is 42.5 Å². The largest absolute Gasteiger partial charge is 0.289 e. The molecule has 0 fully saturated rings. The van der Waals surface area contributed by atoms with Crippen LogP contribution in [-0.4, -0.2) is 11.6 Å². The van der Waals surface area contributed by atoms with Gasteiger partial charge in [-0.25, -0.2) is 17.6 Å². The fourth-order valence-electron chi connectivity index (χ4n) is 2.74. The molecule has 0 saturated carbocycles. The van der Waals surface area contributed by atoms with E-state index < -0.39 is 46.0 Å². The highest BCUT2D eigenvalue weighted by Crippen LogP contribution is 2.16. The minimum Gasteiger partial charge on any atom is -0.289 e. The van der Waals surface area contributed by atoms with Gasteiger partial charge in [-0.3, -0.25) is 9.59 Å². The van der Waals surface area contributed by atoms with Gasteiger partial charge in [0.1, 0.15) is 23.3 Å². The van der Waals surface area contributed by atoms with Gasteiger partial charge in [0.15, 0.2) is 11.6 Å². The zero-order valence-electron chi connectivity index (χ0n) is 15.4. The van der Waals surface area contributed by atoms with Crippen LogP contribution < -0.4 is 0 Å². The zero-order chi connectivity index (χ0) is 21.7. The van der Waals surface area contributed by atoms with Crippen molar-refractivity contribution in [2.24, 2.45) is 0 Å². The minimum absolute atomic E-state index is 0.520. The van der Waals surface area contributed by atoms with Crippen LogP contribution >= 0.6 is 0 Å². The summed E-state index contributed by atoms with van der Waals surface area (Å²) in [7, 11) is 0. The van der Waals surface area contributed by atoms with Crippen LogP contribution in [0.3, 0.4) is 0 Å². The maximum atomic E-state index is 13.7. The molecule has 0 bridgehead atoms.